The molecule has 0 amide bonds. The first-order valence-electron chi connectivity index (χ1n) is 12.5. The molecule has 4 rings (SSSR count). The predicted octanol–water partition coefficient (Wildman–Crippen LogP) is 8.30. The molecule has 2 aromatic rings. The van der Waals surface area contributed by atoms with Crippen LogP contribution >= 0.6 is 0 Å². The fourth-order valence-electron chi connectivity index (χ4n) is 5.86. The van der Waals surface area contributed by atoms with E-state index in [1.54, 1.807) is 12.1 Å². The molecule has 0 unspecified atom stereocenters. The number of carbonyl (C=O) groups is 1. The number of benzene rings is 2. The lowest BCUT2D eigenvalue weighted by atomic mass is 9.91. The van der Waals surface area contributed by atoms with E-state index >= 15 is 0 Å². The molecule has 0 saturated heterocycles. The molecular formula is C29H33F3O3. The van der Waals surface area contributed by atoms with Gasteiger partial charge in [0.05, 0.1) is 12.0 Å². The lowest BCUT2D eigenvalue weighted by Crippen LogP contribution is -2.12. The number of halogens is 3. The molecular weight excluding hydrogens is 453 g/mol. The Morgan fingerprint density at radius 2 is 1.83 bits per heavy atom. The molecule has 1 fully saturated rings. The van der Waals surface area contributed by atoms with E-state index in [0.717, 1.165) is 56.1 Å². The average molecular weight is 487 g/mol. The molecule has 35 heavy (non-hydrogen) atoms. The highest BCUT2D eigenvalue weighted by Gasteiger charge is 2.36. The van der Waals surface area contributed by atoms with E-state index in [2.05, 4.69) is 6.92 Å². The number of hydrogen-bond donors (Lipinski definition) is 1. The minimum Gasteiger partial charge on any atom is -0.489 e. The maximum Gasteiger partial charge on any atom is 0.416 e. The van der Waals surface area contributed by atoms with Crippen molar-refractivity contribution < 1.29 is 27.8 Å². The Labute approximate surface area is 205 Å². The highest BCUT2D eigenvalue weighted by molar-refractivity contribution is 5.76. The third-order valence-electron chi connectivity index (χ3n) is 7.58. The Morgan fingerprint density at radius 3 is 2.49 bits per heavy atom. The summed E-state index contributed by atoms with van der Waals surface area (Å²) in [4.78, 5) is 11.3. The standard InChI is InChI=1S/C29H33F3O3/c1-3-23-21(15-28(33)34)10-13-25(23)26-16-22(11-8-18(26)2)35-17-19-9-12-24(20-6-4-5-7-20)27(14-19)29(30,31)32/h8-9,11-12,14,16,20-21H,3-7,10,13,15,17H2,1-2H3,(H,33,34)/t21-/m1/s1. The Hall–Kier alpha value is -2.76. The number of allylic oxidation sites excluding steroid dienone is 2. The summed E-state index contributed by atoms with van der Waals surface area (Å²) in [6, 6.07) is 10.4. The Balaban J connectivity index is 1.55. The van der Waals surface area contributed by atoms with Gasteiger partial charge in [-0.25, -0.2) is 0 Å². The monoisotopic (exact) mass is 486 g/mol. The van der Waals surface area contributed by atoms with Crippen molar-refractivity contribution in [3.63, 3.8) is 0 Å². The van der Waals surface area contributed by atoms with Gasteiger partial charge in [0.2, 0.25) is 0 Å². The number of aliphatic carboxylic acids is 1. The molecule has 6 heteroatoms. The van der Waals surface area contributed by atoms with Gasteiger partial charge in [-0.3, -0.25) is 4.79 Å². The smallest absolute Gasteiger partial charge is 0.416 e. The molecule has 1 saturated carbocycles. The van der Waals surface area contributed by atoms with Gasteiger partial charge in [-0.15, -0.1) is 0 Å². The summed E-state index contributed by atoms with van der Waals surface area (Å²) in [6.07, 6.45) is 1.79. The van der Waals surface area contributed by atoms with Gasteiger partial charge in [0.15, 0.2) is 0 Å². The van der Waals surface area contributed by atoms with Crippen molar-refractivity contribution in [1.29, 1.82) is 0 Å². The molecule has 3 nitrogen and oxygen atoms in total. The number of aryl methyl sites for hydroxylation is 1. The summed E-state index contributed by atoms with van der Waals surface area (Å²) >= 11 is 0. The summed E-state index contributed by atoms with van der Waals surface area (Å²) in [7, 11) is 0. The molecule has 2 aliphatic rings. The van der Waals surface area contributed by atoms with E-state index in [4.69, 9.17) is 4.74 Å². The van der Waals surface area contributed by atoms with Crippen molar-refractivity contribution in [3.05, 3.63) is 69.8 Å². The van der Waals surface area contributed by atoms with Crippen molar-refractivity contribution in [2.75, 3.05) is 0 Å². The molecule has 2 aliphatic carbocycles. The molecule has 188 valence electrons. The van der Waals surface area contributed by atoms with Crippen LogP contribution in [0.1, 0.15) is 92.0 Å². The van der Waals surface area contributed by atoms with E-state index in [-0.39, 0.29) is 24.9 Å². The second-order valence-electron chi connectivity index (χ2n) is 9.86. The molecule has 1 atom stereocenters. The number of carboxylic acids is 1. The summed E-state index contributed by atoms with van der Waals surface area (Å²) in [5.41, 5.74) is 4.86. The first kappa shape index (κ1) is 25.3. The SMILES string of the molecule is CCC1=C(c2cc(OCc3ccc(C4CCCC4)c(C(F)(F)F)c3)ccc2C)CC[C@@H]1CC(=O)O. The molecule has 0 heterocycles. The van der Waals surface area contributed by atoms with E-state index in [9.17, 15) is 23.1 Å². The van der Waals surface area contributed by atoms with Crippen LogP contribution in [0.25, 0.3) is 5.57 Å². The third kappa shape index (κ3) is 5.74. The van der Waals surface area contributed by atoms with Crippen molar-refractivity contribution in [1.82, 2.24) is 0 Å². The van der Waals surface area contributed by atoms with Crippen LogP contribution in [0.5, 0.6) is 5.75 Å². The lowest BCUT2D eigenvalue weighted by molar-refractivity contribution is -0.139. The zero-order valence-corrected chi connectivity index (χ0v) is 20.4. The van der Waals surface area contributed by atoms with Crippen LogP contribution in [-0.4, -0.2) is 11.1 Å². The molecule has 0 aliphatic heterocycles. The Morgan fingerprint density at radius 1 is 1.09 bits per heavy atom. The van der Waals surface area contributed by atoms with Gasteiger partial charge < -0.3 is 9.84 Å². The third-order valence-corrected chi connectivity index (χ3v) is 7.58. The topological polar surface area (TPSA) is 46.5 Å². The highest BCUT2D eigenvalue weighted by atomic mass is 19.4. The van der Waals surface area contributed by atoms with Gasteiger partial charge in [0.25, 0.3) is 0 Å². The maximum atomic E-state index is 13.8. The highest BCUT2D eigenvalue weighted by Crippen LogP contribution is 2.44. The quantitative estimate of drug-likeness (QED) is 0.408. The van der Waals surface area contributed by atoms with E-state index in [0.29, 0.717) is 16.9 Å². The summed E-state index contributed by atoms with van der Waals surface area (Å²) < 4.78 is 47.4. The van der Waals surface area contributed by atoms with Crippen molar-refractivity contribution in [2.24, 2.45) is 5.92 Å². The minimum atomic E-state index is -4.39. The van der Waals surface area contributed by atoms with Crippen molar-refractivity contribution >= 4 is 11.5 Å². The average Bonchev–Trinajstić information content (AvgIpc) is 3.47. The van der Waals surface area contributed by atoms with Crippen molar-refractivity contribution in [3.8, 4) is 5.75 Å². The molecule has 0 aromatic heterocycles. The number of hydrogen-bond acceptors (Lipinski definition) is 2. The second-order valence-corrected chi connectivity index (χ2v) is 9.86. The molecule has 0 spiro atoms. The zero-order valence-electron chi connectivity index (χ0n) is 20.4. The van der Waals surface area contributed by atoms with Gasteiger partial charge in [-0.1, -0.05) is 43.5 Å². The van der Waals surface area contributed by atoms with Gasteiger partial charge in [0, 0.05) is 0 Å². The van der Waals surface area contributed by atoms with E-state index in [1.807, 2.05) is 25.1 Å². The molecule has 2 aromatic carbocycles. The van der Waals surface area contributed by atoms with Gasteiger partial charge in [-0.05, 0) is 96.9 Å². The summed E-state index contributed by atoms with van der Waals surface area (Å²) in [5.74, 6) is -0.147. The zero-order chi connectivity index (χ0) is 25.2. The molecule has 0 bridgehead atoms. The van der Waals surface area contributed by atoms with Gasteiger partial charge in [0.1, 0.15) is 12.4 Å². The number of alkyl halides is 3. The van der Waals surface area contributed by atoms with Crippen molar-refractivity contribution in [2.45, 2.75) is 83.9 Å². The Bertz CT molecular complexity index is 1110. The van der Waals surface area contributed by atoms with Crippen LogP contribution in [-0.2, 0) is 17.6 Å². The van der Waals surface area contributed by atoms with Crippen LogP contribution < -0.4 is 4.74 Å². The molecule has 0 radical (unpaired) electrons. The van der Waals surface area contributed by atoms with E-state index in [1.165, 1.54) is 17.2 Å². The predicted molar refractivity (Wildman–Crippen MR) is 130 cm³/mol. The fourth-order valence-corrected chi connectivity index (χ4v) is 5.86. The number of ether oxygens (including phenoxy) is 1. The van der Waals surface area contributed by atoms with Crippen LogP contribution in [0, 0.1) is 12.8 Å². The second kappa shape index (κ2) is 10.5. The van der Waals surface area contributed by atoms with Crippen LogP contribution in [0.3, 0.4) is 0 Å². The number of rotatable bonds is 8. The van der Waals surface area contributed by atoms with Gasteiger partial charge >= 0.3 is 12.1 Å². The van der Waals surface area contributed by atoms with Crippen LogP contribution in [0.2, 0.25) is 0 Å². The largest absolute Gasteiger partial charge is 0.489 e. The van der Waals surface area contributed by atoms with Crippen LogP contribution in [0.15, 0.2) is 42.0 Å². The lowest BCUT2D eigenvalue weighted by Gasteiger charge is -2.19. The first-order valence-corrected chi connectivity index (χ1v) is 12.5. The number of carboxylic acid groups (broad SMARTS) is 1. The fraction of sp³-hybridized carbons (Fsp3) is 0.483. The summed E-state index contributed by atoms with van der Waals surface area (Å²) in [6.45, 7) is 4.12. The normalized spacial score (nSPS) is 18.9. The van der Waals surface area contributed by atoms with E-state index < -0.39 is 17.7 Å². The first-order chi connectivity index (χ1) is 16.7. The minimum absolute atomic E-state index is 0.0151. The maximum absolute atomic E-state index is 13.8. The summed E-state index contributed by atoms with van der Waals surface area (Å²) in [5, 5.41) is 9.26. The Kier molecular flexibility index (Phi) is 7.58. The van der Waals surface area contributed by atoms with Gasteiger partial charge in [-0.2, -0.15) is 13.2 Å². The molecule has 1 N–H and O–H groups in total. The van der Waals surface area contributed by atoms with Crippen LogP contribution in [0.4, 0.5) is 13.2 Å².